The van der Waals surface area contributed by atoms with Gasteiger partial charge in [-0.15, -0.1) is 0 Å². The Hall–Kier alpha value is -1.03. The lowest BCUT2D eigenvalue weighted by Crippen LogP contribution is -2.45. The zero-order valence-electron chi connectivity index (χ0n) is 11.9. The smallest absolute Gasteiger partial charge is 0.311 e. The van der Waals surface area contributed by atoms with Crippen LogP contribution in [0.5, 0.6) is 0 Å². The van der Waals surface area contributed by atoms with Gasteiger partial charge in [-0.3, -0.25) is 4.79 Å². The van der Waals surface area contributed by atoms with Crippen molar-refractivity contribution in [3.63, 3.8) is 0 Å². The van der Waals surface area contributed by atoms with Crippen molar-refractivity contribution in [2.45, 2.75) is 32.7 Å². The summed E-state index contributed by atoms with van der Waals surface area (Å²) in [6.45, 7) is 7.18. The Kier molecular flexibility index (Phi) is 3.90. The molecule has 1 aromatic rings. The average molecular weight is 326 g/mol. The number of halogens is 1. The summed E-state index contributed by atoms with van der Waals surface area (Å²) in [5.74, 6) is -0.178. The van der Waals surface area contributed by atoms with E-state index in [0.29, 0.717) is 0 Å². The molecule has 1 heterocycles. The van der Waals surface area contributed by atoms with Crippen LogP contribution in [0.1, 0.15) is 25.8 Å². The highest BCUT2D eigenvalue weighted by atomic mass is 79.9. The summed E-state index contributed by atoms with van der Waals surface area (Å²) in [7, 11) is 1.46. The van der Waals surface area contributed by atoms with E-state index in [9.17, 15) is 4.79 Å². The van der Waals surface area contributed by atoms with Crippen LogP contribution in [0.25, 0.3) is 0 Å². The highest BCUT2D eigenvalue weighted by molar-refractivity contribution is 9.10. The van der Waals surface area contributed by atoms with Gasteiger partial charge in [0.15, 0.2) is 0 Å². The summed E-state index contributed by atoms with van der Waals surface area (Å²) in [6.07, 6.45) is 0.842. The Bertz CT molecular complexity index is 499. The number of ether oxygens (including phenoxy) is 1. The topological polar surface area (TPSA) is 29.5 Å². The monoisotopic (exact) mass is 325 g/mol. The summed E-state index contributed by atoms with van der Waals surface area (Å²) in [5, 5.41) is 0. The quantitative estimate of drug-likeness (QED) is 0.779. The zero-order chi connectivity index (χ0) is 14.2. The summed E-state index contributed by atoms with van der Waals surface area (Å²) < 4.78 is 6.03. The number of carbonyl (C=O) groups is 1. The van der Waals surface area contributed by atoms with Crippen molar-refractivity contribution < 1.29 is 9.53 Å². The molecule has 1 atom stereocenters. The Morgan fingerprint density at radius 3 is 2.74 bits per heavy atom. The van der Waals surface area contributed by atoms with E-state index in [0.717, 1.165) is 23.1 Å². The van der Waals surface area contributed by atoms with Crippen LogP contribution in [0.2, 0.25) is 0 Å². The molecule has 1 aliphatic heterocycles. The van der Waals surface area contributed by atoms with Gasteiger partial charge < -0.3 is 9.64 Å². The maximum atomic E-state index is 11.9. The molecule has 19 heavy (non-hydrogen) atoms. The summed E-state index contributed by atoms with van der Waals surface area (Å²) in [4.78, 5) is 14.2. The maximum absolute atomic E-state index is 11.9. The van der Waals surface area contributed by atoms with E-state index in [-0.39, 0.29) is 17.4 Å². The molecule has 0 N–H and O–H groups in total. The molecule has 0 spiro atoms. The predicted octanol–water partition coefficient (Wildman–Crippen LogP) is 3.54. The zero-order valence-corrected chi connectivity index (χ0v) is 13.5. The van der Waals surface area contributed by atoms with Gasteiger partial charge >= 0.3 is 5.97 Å². The van der Waals surface area contributed by atoms with Crippen molar-refractivity contribution in [3.8, 4) is 0 Å². The Morgan fingerprint density at radius 2 is 2.16 bits per heavy atom. The molecule has 1 aliphatic rings. The van der Waals surface area contributed by atoms with Gasteiger partial charge in [0, 0.05) is 22.2 Å². The summed E-state index contributed by atoms with van der Waals surface area (Å²) >= 11 is 3.52. The molecule has 0 bridgehead atoms. The fourth-order valence-corrected chi connectivity index (χ4v) is 3.14. The van der Waals surface area contributed by atoms with Gasteiger partial charge in [-0.2, -0.15) is 0 Å². The largest absolute Gasteiger partial charge is 0.469 e. The first-order chi connectivity index (χ1) is 8.87. The number of benzene rings is 1. The molecule has 0 saturated carbocycles. The lowest BCUT2D eigenvalue weighted by molar-refractivity contribution is -0.146. The van der Waals surface area contributed by atoms with E-state index in [1.807, 2.05) is 0 Å². The molecular weight excluding hydrogens is 306 g/mol. The van der Waals surface area contributed by atoms with Crippen molar-refractivity contribution in [2.75, 3.05) is 18.6 Å². The molecule has 0 amide bonds. The minimum Gasteiger partial charge on any atom is -0.469 e. The van der Waals surface area contributed by atoms with Crippen LogP contribution in [-0.2, 0) is 9.53 Å². The van der Waals surface area contributed by atoms with Gasteiger partial charge in [-0.05, 0) is 51.0 Å². The van der Waals surface area contributed by atoms with E-state index in [1.54, 1.807) is 0 Å². The second-order valence-electron chi connectivity index (χ2n) is 5.60. The number of rotatable bonds is 2. The lowest BCUT2D eigenvalue weighted by atomic mass is 9.88. The van der Waals surface area contributed by atoms with Gasteiger partial charge in [0.1, 0.15) is 0 Å². The minimum absolute atomic E-state index is 0.0681. The van der Waals surface area contributed by atoms with Crippen molar-refractivity contribution in [1.29, 1.82) is 0 Å². The van der Waals surface area contributed by atoms with Crippen LogP contribution in [0, 0.1) is 12.8 Å². The van der Waals surface area contributed by atoms with Crippen LogP contribution in [0.3, 0.4) is 0 Å². The van der Waals surface area contributed by atoms with Gasteiger partial charge in [0.25, 0.3) is 0 Å². The van der Waals surface area contributed by atoms with E-state index in [4.69, 9.17) is 4.74 Å². The van der Waals surface area contributed by atoms with Crippen LogP contribution in [-0.4, -0.2) is 25.2 Å². The second-order valence-corrected chi connectivity index (χ2v) is 6.46. The van der Waals surface area contributed by atoms with Crippen LogP contribution < -0.4 is 4.90 Å². The Balaban J connectivity index is 2.31. The van der Waals surface area contributed by atoms with E-state index >= 15 is 0 Å². The number of carbonyl (C=O) groups excluding carboxylic acids is 1. The highest BCUT2D eigenvalue weighted by Gasteiger charge is 2.45. The molecule has 1 fully saturated rings. The van der Waals surface area contributed by atoms with Gasteiger partial charge in [-0.1, -0.05) is 15.9 Å². The van der Waals surface area contributed by atoms with Gasteiger partial charge in [0.2, 0.25) is 0 Å². The molecule has 0 radical (unpaired) electrons. The normalized spacial score (nSPS) is 21.5. The van der Waals surface area contributed by atoms with Crippen LogP contribution in [0.15, 0.2) is 22.7 Å². The third-order valence-electron chi connectivity index (χ3n) is 4.13. The molecule has 0 aliphatic carbocycles. The van der Waals surface area contributed by atoms with E-state index in [1.165, 1.54) is 12.7 Å². The molecular formula is C15H20BrNO2. The van der Waals surface area contributed by atoms with Gasteiger partial charge in [-0.25, -0.2) is 0 Å². The standard InChI is InChI=1S/C15H20BrNO2/c1-10-9-11(5-6-13(10)16)17-8-7-12(14(18)19-4)15(17,2)3/h5-6,9,12H,7-8H2,1-4H3. The fourth-order valence-electron chi connectivity index (χ4n) is 2.89. The van der Waals surface area contributed by atoms with Crippen LogP contribution in [0.4, 0.5) is 5.69 Å². The SMILES string of the molecule is COC(=O)C1CCN(c2ccc(Br)c(C)c2)C1(C)C. The Morgan fingerprint density at radius 1 is 1.47 bits per heavy atom. The summed E-state index contributed by atoms with van der Waals surface area (Å²) in [6, 6.07) is 6.32. The number of anilines is 1. The first kappa shape index (κ1) is 14.4. The van der Waals surface area contributed by atoms with Gasteiger partial charge in [0.05, 0.1) is 13.0 Å². The molecule has 1 unspecified atom stereocenters. The molecule has 2 rings (SSSR count). The number of aryl methyl sites for hydroxylation is 1. The third-order valence-corrected chi connectivity index (χ3v) is 5.02. The lowest BCUT2D eigenvalue weighted by Gasteiger charge is -2.36. The van der Waals surface area contributed by atoms with E-state index < -0.39 is 0 Å². The number of nitrogens with zero attached hydrogens (tertiary/aromatic N) is 1. The molecule has 0 aromatic heterocycles. The molecule has 4 heteroatoms. The third kappa shape index (κ3) is 2.50. The number of hydrogen-bond donors (Lipinski definition) is 0. The first-order valence-corrected chi connectivity index (χ1v) is 7.29. The van der Waals surface area contributed by atoms with Crippen molar-refractivity contribution >= 4 is 27.6 Å². The molecule has 1 saturated heterocycles. The van der Waals surface area contributed by atoms with Crippen molar-refractivity contribution in [2.24, 2.45) is 5.92 Å². The molecule has 3 nitrogen and oxygen atoms in total. The number of methoxy groups -OCH3 is 1. The maximum Gasteiger partial charge on any atom is 0.311 e. The number of esters is 1. The summed E-state index contributed by atoms with van der Waals surface area (Å²) in [5.41, 5.74) is 2.15. The fraction of sp³-hybridized carbons (Fsp3) is 0.533. The first-order valence-electron chi connectivity index (χ1n) is 6.49. The van der Waals surface area contributed by atoms with Crippen molar-refractivity contribution in [1.82, 2.24) is 0 Å². The van der Waals surface area contributed by atoms with E-state index in [2.05, 4.69) is 59.8 Å². The minimum atomic E-state index is -0.215. The highest BCUT2D eigenvalue weighted by Crippen LogP contribution is 2.39. The van der Waals surface area contributed by atoms with Crippen LogP contribution >= 0.6 is 15.9 Å². The second kappa shape index (κ2) is 5.16. The molecule has 1 aromatic carbocycles. The van der Waals surface area contributed by atoms with Crippen molar-refractivity contribution in [3.05, 3.63) is 28.2 Å². The number of hydrogen-bond acceptors (Lipinski definition) is 3. The molecule has 104 valence electrons. The predicted molar refractivity (Wildman–Crippen MR) is 80.4 cm³/mol. The average Bonchev–Trinajstić information content (AvgIpc) is 2.67. The Labute approximate surface area is 123 Å².